The summed E-state index contributed by atoms with van der Waals surface area (Å²) in [6.45, 7) is 2.55. The van der Waals surface area contributed by atoms with Crippen molar-refractivity contribution < 1.29 is 4.79 Å². The second-order valence-electron chi connectivity index (χ2n) is 4.61. The Kier molecular flexibility index (Phi) is 2.69. The van der Waals surface area contributed by atoms with Crippen LogP contribution >= 0.6 is 0 Å². The molecule has 1 aromatic heterocycles. The zero-order valence-corrected chi connectivity index (χ0v) is 9.29. The average molecular weight is 217 g/mol. The van der Waals surface area contributed by atoms with E-state index in [1.807, 2.05) is 18.5 Å². The number of hydrogen-bond acceptors (Lipinski definition) is 2. The van der Waals surface area contributed by atoms with Gasteiger partial charge in [0.25, 0.3) is 0 Å². The molecule has 0 aliphatic heterocycles. The van der Waals surface area contributed by atoms with Gasteiger partial charge in [-0.15, -0.1) is 0 Å². The Morgan fingerprint density at radius 2 is 2.50 bits per heavy atom. The van der Waals surface area contributed by atoms with Crippen LogP contribution in [-0.4, -0.2) is 10.9 Å². The minimum atomic E-state index is -0.768. The van der Waals surface area contributed by atoms with Crippen LogP contribution in [0.3, 0.4) is 0 Å². The highest BCUT2D eigenvalue weighted by molar-refractivity contribution is 5.86. The number of nitrogens with zero attached hydrogens (tertiary/aromatic N) is 1. The molecular weight excluding hydrogens is 202 g/mol. The van der Waals surface area contributed by atoms with Gasteiger partial charge in [-0.3, -0.25) is 4.79 Å². The number of carbonyl (C=O) groups excluding carboxylic acids is 1. The second-order valence-corrected chi connectivity index (χ2v) is 4.61. The molecule has 0 atom stereocenters. The molecule has 1 aliphatic carbocycles. The summed E-state index contributed by atoms with van der Waals surface area (Å²) in [6, 6.07) is 4.06. The van der Waals surface area contributed by atoms with Crippen molar-refractivity contribution >= 4 is 5.91 Å². The van der Waals surface area contributed by atoms with Gasteiger partial charge < -0.3 is 10.3 Å². The van der Waals surface area contributed by atoms with E-state index < -0.39 is 5.41 Å². The lowest BCUT2D eigenvalue weighted by Gasteiger charge is -2.39. The molecular formula is C12H15N3O. The van der Waals surface area contributed by atoms with Crippen LogP contribution < -0.4 is 5.32 Å². The summed E-state index contributed by atoms with van der Waals surface area (Å²) in [5.74, 6) is 0.354. The van der Waals surface area contributed by atoms with Crippen molar-refractivity contribution in [2.24, 2.45) is 11.3 Å². The summed E-state index contributed by atoms with van der Waals surface area (Å²) in [4.78, 5) is 14.8. The van der Waals surface area contributed by atoms with Crippen molar-refractivity contribution in [2.45, 2.75) is 26.3 Å². The summed E-state index contributed by atoms with van der Waals surface area (Å²) < 4.78 is 0. The highest BCUT2D eigenvalue weighted by atomic mass is 16.2. The van der Waals surface area contributed by atoms with E-state index in [1.54, 1.807) is 0 Å². The molecule has 1 aromatic rings. The summed E-state index contributed by atoms with van der Waals surface area (Å²) in [5.41, 5.74) is 0.254. The van der Waals surface area contributed by atoms with E-state index in [0.29, 0.717) is 25.3 Å². The third kappa shape index (κ3) is 1.81. The highest BCUT2D eigenvalue weighted by Crippen LogP contribution is 2.45. The number of nitrogens with one attached hydrogen (secondary N) is 2. The monoisotopic (exact) mass is 217 g/mol. The number of H-pyrrole nitrogens is 1. The lowest BCUT2D eigenvalue weighted by molar-refractivity contribution is -0.134. The maximum Gasteiger partial charge on any atom is 0.240 e. The molecule has 4 heteroatoms. The summed E-state index contributed by atoms with van der Waals surface area (Å²) in [5, 5.41) is 11.9. The fraction of sp³-hybridized carbons (Fsp3) is 0.500. The maximum absolute atomic E-state index is 11.9. The van der Waals surface area contributed by atoms with Gasteiger partial charge in [-0.2, -0.15) is 5.26 Å². The zero-order valence-electron chi connectivity index (χ0n) is 9.29. The van der Waals surface area contributed by atoms with Crippen LogP contribution in [0.25, 0.3) is 0 Å². The van der Waals surface area contributed by atoms with Crippen molar-refractivity contribution in [1.29, 1.82) is 5.26 Å². The van der Waals surface area contributed by atoms with Crippen LogP contribution in [0.4, 0.5) is 0 Å². The fourth-order valence-corrected chi connectivity index (χ4v) is 2.28. The van der Waals surface area contributed by atoms with Crippen molar-refractivity contribution in [2.75, 3.05) is 0 Å². The Hall–Kier alpha value is -1.76. The predicted octanol–water partition coefficient (Wildman–Crippen LogP) is 1.57. The Bertz CT molecular complexity index is 410. The lowest BCUT2D eigenvalue weighted by Crippen LogP contribution is -2.47. The zero-order chi connectivity index (χ0) is 11.6. The van der Waals surface area contributed by atoms with E-state index in [1.165, 1.54) is 0 Å². The average Bonchev–Trinajstić information content (AvgIpc) is 2.73. The van der Waals surface area contributed by atoms with E-state index in [-0.39, 0.29) is 5.91 Å². The molecule has 1 heterocycles. The Morgan fingerprint density at radius 1 is 1.75 bits per heavy atom. The van der Waals surface area contributed by atoms with E-state index in [0.717, 1.165) is 5.56 Å². The van der Waals surface area contributed by atoms with Gasteiger partial charge >= 0.3 is 0 Å². The van der Waals surface area contributed by atoms with Gasteiger partial charge in [-0.1, -0.05) is 6.92 Å². The Balaban J connectivity index is 1.91. The van der Waals surface area contributed by atoms with Gasteiger partial charge in [0.1, 0.15) is 5.41 Å². The molecule has 0 unspecified atom stereocenters. The first-order chi connectivity index (χ1) is 7.66. The number of hydrogen-bond donors (Lipinski definition) is 2. The first kappa shape index (κ1) is 10.7. The molecule has 1 amide bonds. The molecule has 2 rings (SSSR count). The SMILES string of the molecule is CC1CC(C#N)(C(=O)NCc2cc[nH]c2)C1. The van der Waals surface area contributed by atoms with Crippen molar-refractivity contribution in [3.8, 4) is 6.07 Å². The molecule has 0 saturated heterocycles. The number of nitriles is 1. The van der Waals surface area contributed by atoms with Gasteiger partial charge in [0.05, 0.1) is 6.07 Å². The topological polar surface area (TPSA) is 68.7 Å². The predicted molar refractivity (Wildman–Crippen MR) is 59.1 cm³/mol. The molecule has 16 heavy (non-hydrogen) atoms. The minimum Gasteiger partial charge on any atom is -0.367 e. The van der Waals surface area contributed by atoms with Crippen LogP contribution in [-0.2, 0) is 11.3 Å². The standard InChI is InChI=1S/C12H15N3O/c1-9-4-12(5-9,8-13)11(16)15-7-10-2-3-14-6-10/h2-3,6,9,14H,4-5,7H2,1H3,(H,15,16). The van der Waals surface area contributed by atoms with Gasteiger partial charge in [0, 0.05) is 18.9 Å². The van der Waals surface area contributed by atoms with E-state index in [9.17, 15) is 4.79 Å². The number of carbonyl (C=O) groups is 1. The van der Waals surface area contributed by atoms with E-state index in [2.05, 4.69) is 23.3 Å². The van der Waals surface area contributed by atoms with E-state index in [4.69, 9.17) is 5.26 Å². The van der Waals surface area contributed by atoms with Crippen LogP contribution in [0, 0.1) is 22.7 Å². The number of amides is 1. The van der Waals surface area contributed by atoms with E-state index >= 15 is 0 Å². The van der Waals surface area contributed by atoms with Crippen LogP contribution in [0.1, 0.15) is 25.3 Å². The summed E-state index contributed by atoms with van der Waals surface area (Å²) in [6.07, 6.45) is 5.01. The van der Waals surface area contributed by atoms with Crippen molar-refractivity contribution in [3.05, 3.63) is 24.0 Å². The molecule has 0 aromatic carbocycles. The second kappa shape index (κ2) is 4.01. The third-order valence-electron chi connectivity index (χ3n) is 3.16. The Morgan fingerprint density at radius 3 is 3.00 bits per heavy atom. The van der Waals surface area contributed by atoms with Crippen LogP contribution in [0.15, 0.2) is 18.5 Å². The minimum absolute atomic E-state index is 0.130. The van der Waals surface area contributed by atoms with Crippen LogP contribution in [0.5, 0.6) is 0 Å². The number of rotatable bonds is 3. The van der Waals surface area contributed by atoms with Crippen molar-refractivity contribution in [1.82, 2.24) is 10.3 Å². The lowest BCUT2D eigenvalue weighted by atomic mass is 9.63. The van der Waals surface area contributed by atoms with Gasteiger partial charge in [0.15, 0.2) is 0 Å². The molecule has 2 N–H and O–H groups in total. The maximum atomic E-state index is 11.9. The molecule has 84 valence electrons. The van der Waals surface area contributed by atoms with Gasteiger partial charge in [0.2, 0.25) is 5.91 Å². The van der Waals surface area contributed by atoms with Gasteiger partial charge in [-0.25, -0.2) is 0 Å². The summed E-state index contributed by atoms with van der Waals surface area (Å²) >= 11 is 0. The molecule has 0 bridgehead atoms. The summed E-state index contributed by atoms with van der Waals surface area (Å²) in [7, 11) is 0. The molecule has 0 spiro atoms. The molecule has 0 radical (unpaired) electrons. The van der Waals surface area contributed by atoms with Crippen molar-refractivity contribution in [3.63, 3.8) is 0 Å². The molecule has 1 fully saturated rings. The molecule has 1 aliphatic rings. The first-order valence-corrected chi connectivity index (χ1v) is 5.47. The largest absolute Gasteiger partial charge is 0.367 e. The number of aromatic nitrogens is 1. The Labute approximate surface area is 94.7 Å². The highest BCUT2D eigenvalue weighted by Gasteiger charge is 2.48. The van der Waals surface area contributed by atoms with Crippen LogP contribution in [0.2, 0.25) is 0 Å². The normalized spacial score (nSPS) is 27.9. The molecule has 1 saturated carbocycles. The molecule has 4 nitrogen and oxygen atoms in total. The first-order valence-electron chi connectivity index (χ1n) is 5.47. The van der Waals surface area contributed by atoms with Gasteiger partial charge in [-0.05, 0) is 30.4 Å². The number of aromatic amines is 1. The quantitative estimate of drug-likeness (QED) is 0.806. The smallest absolute Gasteiger partial charge is 0.240 e. The fourth-order valence-electron chi connectivity index (χ4n) is 2.28. The third-order valence-corrected chi connectivity index (χ3v) is 3.16.